The smallest absolute Gasteiger partial charge is 0.0725 e. The molecule has 0 fully saturated rings. The molecule has 3 rings (SSSR count). The van der Waals surface area contributed by atoms with Gasteiger partial charge in [0.25, 0.3) is 0 Å². The zero-order valence-corrected chi connectivity index (χ0v) is 13.9. The first-order chi connectivity index (χ1) is 9.15. The highest BCUT2D eigenvalue weighted by atomic mass is 127. The van der Waals surface area contributed by atoms with Gasteiger partial charge in [-0.1, -0.05) is 34.1 Å². The third-order valence-corrected chi connectivity index (χ3v) is 4.79. The molecule has 1 aliphatic rings. The van der Waals surface area contributed by atoms with Crippen molar-refractivity contribution in [1.82, 2.24) is 0 Å². The van der Waals surface area contributed by atoms with Crippen molar-refractivity contribution in [1.29, 1.82) is 0 Å². The Balaban J connectivity index is 1.99. The molecule has 0 saturated heterocycles. The molecule has 98 valence electrons. The van der Waals surface area contributed by atoms with Crippen LogP contribution >= 0.6 is 38.5 Å². The first-order valence-corrected chi connectivity index (χ1v) is 7.92. The second-order valence-electron chi connectivity index (χ2n) is 4.66. The summed E-state index contributed by atoms with van der Waals surface area (Å²) in [5.74, 6) is 0. The summed E-state index contributed by atoms with van der Waals surface area (Å²) >= 11 is 5.89. The molecule has 0 aliphatic carbocycles. The molecule has 2 N–H and O–H groups in total. The number of benzene rings is 2. The number of nitrogens with two attached hydrogens (primary N) is 1. The maximum atomic E-state index is 6.41. The van der Waals surface area contributed by atoms with Gasteiger partial charge in [0, 0.05) is 8.04 Å². The zero-order valence-electron chi connectivity index (χ0n) is 10.2. The molecule has 1 unspecified atom stereocenters. The zero-order chi connectivity index (χ0) is 13.4. The normalized spacial score (nSPS) is 15.3. The van der Waals surface area contributed by atoms with Crippen LogP contribution in [0.1, 0.15) is 28.3 Å². The van der Waals surface area contributed by atoms with Gasteiger partial charge in [-0.25, -0.2) is 0 Å². The van der Waals surface area contributed by atoms with Gasteiger partial charge in [0.1, 0.15) is 0 Å². The molecular weight excluding hydrogens is 417 g/mol. The van der Waals surface area contributed by atoms with E-state index >= 15 is 0 Å². The van der Waals surface area contributed by atoms with Crippen LogP contribution in [0, 0.1) is 3.57 Å². The molecule has 0 radical (unpaired) electrons. The van der Waals surface area contributed by atoms with Gasteiger partial charge < -0.3 is 10.5 Å². The van der Waals surface area contributed by atoms with Gasteiger partial charge in [0.2, 0.25) is 0 Å². The van der Waals surface area contributed by atoms with Gasteiger partial charge >= 0.3 is 0 Å². The molecule has 0 bridgehead atoms. The highest BCUT2D eigenvalue weighted by molar-refractivity contribution is 14.1. The van der Waals surface area contributed by atoms with E-state index in [1.165, 1.54) is 14.7 Å². The van der Waals surface area contributed by atoms with Crippen molar-refractivity contribution in [2.75, 3.05) is 0 Å². The minimum absolute atomic E-state index is 0.116. The predicted octanol–water partition coefficient (Wildman–Crippen LogP) is 4.13. The van der Waals surface area contributed by atoms with Gasteiger partial charge in [-0.15, -0.1) is 0 Å². The van der Waals surface area contributed by atoms with Crippen molar-refractivity contribution in [3.8, 4) is 0 Å². The fourth-order valence-electron chi connectivity index (χ4n) is 2.32. The molecule has 1 heterocycles. The van der Waals surface area contributed by atoms with Gasteiger partial charge in [0.15, 0.2) is 0 Å². The highest BCUT2D eigenvalue weighted by Crippen LogP contribution is 2.30. The first kappa shape index (κ1) is 13.5. The van der Waals surface area contributed by atoms with Crippen molar-refractivity contribution in [3.63, 3.8) is 0 Å². The average molecular weight is 430 g/mol. The van der Waals surface area contributed by atoms with Crippen LogP contribution in [0.25, 0.3) is 0 Å². The Morgan fingerprint density at radius 1 is 1.11 bits per heavy atom. The molecule has 0 aromatic heterocycles. The van der Waals surface area contributed by atoms with E-state index in [1.807, 2.05) is 6.07 Å². The van der Waals surface area contributed by atoms with E-state index in [1.54, 1.807) is 0 Å². The van der Waals surface area contributed by atoms with Crippen molar-refractivity contribution >= 4 is 38.5 Å². The van der Waals surface area contributed by atoms with Crippen LogP contribution in [0.4, 0.5) is 0 Å². The molecule has 2 aromatic rings. The molecular formula is C15H13BrINO. The number of hydrogen-bond donors (Lipinski definition) is 1. The number of rotatable bonds is 2. The highest BCUT2D eigenvalue weighted by Gasteiger charge is 2.17. The summed E-state index contributed by atoms with van der Waals surface area (Å²) in [4.78, 5) is 0. The molecule has 0 spiro atoms. The molecule has 2 aromatic carbocycles. The monoisotopic (exact) mass is 429 g/mol. The van der Waals surface area contributed by atoms with Crippen molar-refractivity contribution in [2.24, 2.45) is 5.73 Å². The van der Waals surface area contributed by atoms with E-state index in [0.717, 1.165) is 22.2 Å². The quantitative estimate of drug-likeness (QED) is 0.728. The molecule has 19 heavy (non-hydrogen) atoms. The Bertz CT molecular complexity index is 630. The summed E-state index contributed by atoms with van der Waals surface area (Å²) in [5.41, 5.74) is 11.2. The van der Waals surface area contributed by atoms with Crippen LogP contribution < -0.4 is 5.73 Å². The maximum absolute atomic E-state index is 6.41. The summed E-state index contributed by atoms with van der Waals surface area (Å²) in [6.07, 6.45) is 0. The van der Waals surface area contributed by atoms with Crippen LogP contribution in [0.15, 0.2) is 40.9 Å². The summed E-state index contributed by atoms with van der Waals surface area (Å²) in [6.45, 7) is 1.42. The summed E-state index contributed by atoms with van der Waals surface area (Å²) in [5, 5.41) is 0. The van der Waals surface area contributed by atoms with Gasteiger partial charge in [-0.2, -0.15) is 0 Å². The summed E-state index contributed by atoms with van der Waals surface area (Å²) in [6, 6.07) is 12.5. The molecule has 4 heteroatoms. The summed E-state index contributed by atoms with van der Waals surface area (Å²) in [7, 11) is 0. The predicted molar refractivity (Wildman–Crippen MR) is 87.8 cm³/mol. The van der Waals surface area contributed by atoms with E-state index in [0.29, 0.717) is 6.61 Å². The SMILES string of the molecule is NC(c1ccc2c(c1)COC2)c1cc(I)ccc1Br. The lowest BCUT2D eigenvalue weighted by Crippen LogP contribution is -2.13. The van der Waals surface area contributed by atoms with Crippen LogP contribution in [0.2, 0.25) is 0 Å². The van der Waals surface area contributed by atoms with Gasteiger partial charge in [-0.3, -0.25) is 0 Å². The lowest BCUT2D eigenvalue weighted by Gasteiger charge is -2.16. The Kier molecular flexibility index (Phi) is 3.93. The van der Waals surface area contributed by atoms with E-state index in [-0.39, 0.29) is 6.04 Å². The third kappa shape index (κ3) is 2.72. The Hall–Kier alpha value is -0.430. The molecule has 1 atom stereocenters. The van der Waals surface area contributed by atoms with Crippen LogP contribution in [-0.4, -0.2) is 0 Å². The average Bonchev–Trinajstić information content (AvgIpc) is 2.88. The van der Waals surface area contributed by atoms with Crippen molar-refractivity contribution in [3.05, 3.63) is 66.7 Å². The minimum Gasteiger partial charge on any atom is -0.372 e. The standard InChI is InChI=1S/C15H13BrINO/c16-14-4-3-12(17)6-13(14)15(18)9-1-2-10-7-19-8-11(10)5-9/h1-6,15H,7-8,18H2. The summed E-state index contributed by atoms with van der Waals surface area (Å²) < 4.78 is 7.69. The largest absolute Gasteiger partial charge is 0.372 e. The van der Waals surface area contributed by atoms with Crippen LogP contribution in [-0.2, 0) is 18.0 Å². The van der Waals surface area contributed by atoms with Gasteiger partial charge in [0.05, 0.1) is 19.3 Å². The van der Waals surface area contributed by atoms with E-state index in [4.69, 9.17) is 10.5 Å². The fourth-order valence-corrected chi connectivity index (χ4v) is 3.33. The fraction of sp³-hybridized carbons (Fsp3) is 0.200. The molecule has 2 nitrogen and oxygen atoms in total. The van der Waals surface area contributed by atoms with Crippen molar-refractivity contribution < 1.29 is 4.74 Å². The second kappa shape index (κ2) is 5.52. The number of fused-ring (bicyclic) bond motifs is 1. The Labute approximate surface area is 134 Å². The third-order valence-electron chi connectivity index (χ3n) is 3.40. The topological polar surface area (TPSA) is 35.2 Å². The van der Waals surface area contributed by atoms with Crippen LogP contribution in [0.3, 0.4) is 0 Å². The minimum atomic E-state index is -0.116. The Morgan fingerprint density at radius 3 is 2.74 bits per heavy atom. The maximum Gasteiger partial charge on any atom is 0.0725 e. The number of hydrogen-bond acceptors (Lipinski definition) is 2. The van der Waals surface area contributed by atoms with Crippen LogP contribution in [0.5, 0.6) is 0 Å². The number of halogens is 2. The van der Waals surface area contributed by atoms with Crippen molar-refractivity contribution in [2.45, 2.75) is 19.3 Å². The first-order valence-electron chi connectivity index (χ1n) is 6.05. The second-order valence-corrected chi connectivity index (χ2v) is 6.76. The van der Waals surface area contributed by atoms with E-state index < -0.39 is 0 Å². The van der Waals surface area contributed by atoms with E-state index in [9.17, 15) is 0 Å². The van der Waals surface area contributed by atoms with Gasteiger partial charge in [-0.05, 0) is 63.0 Å². The lowest BCUT2D eigenvalue weighted by atomic mass is 9.96. The molecule has 0 saturated carbocycles. The number of ether oxygens (including phenoxy) is 1. The lowest BCUT2D eigenvalue weighted by molar-refractivity contribution is 0.134. The molecule has 0 amide bonds. The Morgan fingerprint density at radius 2 is 1.89 bits per heavy atom. The van der Waals surface area contributed by atoms with E-state index in [2.05, 4.69) is 68.9 Å². The molecule has 1 aliphatic heterocycles.